The summed E-state index contributed by atoms with van der Waals surface area (Å²) in [6, 6.07) is 18.4. The van der Waals surface area contributed by atoms with Crippen molar-refractivity contribution in [3.63, 3.8) is 0 Å². The van der Waals surface area contributed by atoms with Crippen LogP contribution in [-0.2, 0) is 11.4 Å². The molecule has 5 rings (SSSR count). The molecule has 3 aromatic carbocycles. The van der Waals surface area contributed by atoms with Crippen LogP contribution in [0.4, 0.5) is 11.6 Å². The Morgan fingerprint density at radius 1 is 1.05 bits per heavy atom. The normalized spacial score (nSPS) is 14.4. The second-order valence-corrected chi connectivity index (χ2v) is 9.64. The highest BCUT2D eigenvalue weighted by molar-refractivity contribution is 6.31. The molecule has 2 heterocycles. The van der Waals surface area contributed by atoms with Gasteiger partial charge in [-0.3, -0.25) is 4.79 Å². The van der Waals surface area contributed by atoms with E-state index in [1.165, 1.54) is 0 Å². The first-order chi connectivity index (χ1) is 18.9. The van der Waals surface area contributed by atoms with E-state index >= 15 is 0 Å². The standard InChI is InChI=1S/C29H29ClN6O3/c1-5-38-25-15-20(13-14-24(25)39-16-21-10-6-7-11-22(21)30)27-26(19(4)31-29-33-34-35-36(27)29)28(37)32-23-12-8-9-17(2)18(23)3/h6-15,27H,5,16H2,1-4H3,(H,32,37)(H,31,33,35). The molecule has 1 amide bonds. The van der Waals surface area contributed by atoms with Gasteiger partial charge in [0.05, 0.1) is 12.2 Å². The minimum atomic E-state index is -0.599. The van der Waals surface area contributed by atoms with Gasteiger partial charge in [0.25, 0.3) is 5.91 Å². The minimum absolute atomic E-state index is 0.253. The van der Waals surface area contributed by atoms with E-state index in [0.29, 0.717) is 40.3 Å². The minimum Gasteiger partial charge on any atom is -0.490 e. The summed E-state index contributed by atoms with van der Waals surface area (Å²) in [5, 5.41) is 19.0. The molecule has 1 aliphatic rings. The first-order valence-corrected chi connectivity index (χ1v) is 13.0. The van der Waals surface area contributed by atoms with Gasteiger partial charge in [-0.05, 0) is 79.1 Å². The number of carbonyl (C=O) groups is 1. The molecular weight excluding hydrogens is 516 g/mol. The molecule has 200 valence electrons. The number of aromatic nitrogens is 4. The molecule has 10 heteroatoms. The number of fused-ring (bicyclic) bond motifs is 1. The zero-order valence-electron chi connectivity index (χ0n) is 22.2. The number of halogens is 1. The van der Waals surface area contributed by atoms with Crippen molar-refractivity contribution < 1.29 is 14.3 Å². The van der Waals surface area contributed by atoms with Gasteiger partial charge in [0.2, 0.25) is 5.95 Å². The fourth-order valence-electron chi connectivity index (χ4n) is 4.54. The van der Waals surface area contributed by atoms with Crippen LogP contribution in [0.5, 0.6) is 11.5 Å². The Morgan fingerprint density at radius 2 is 1.87 bits per heavy atom. The Kier molecular flexibility index (Phi) is 7.51. The lowest BCUT2D eigenvalue weighted by molar-refractivity contribution is -0.113. The number of nitrogens with zero attached hydrogens (tertiary/aromatic N) is 4. The van der Waals surface area contributed by atoms with Crippen molar-refractivity contribution in [2.75, 3.05) is 17.2 Å². The van der Waals surface area contributed by atoms with Gasteiger partial charge >= 0.3 is 0 Å². The summed E-state index contributed by atoms with van der Waals surface area (Å²) in [7, 11) is 0. The van der Waals surface area contributed by atoms with Gasteiger partial charge in [0.15, 0.2) is 11.5 Å². The topological polar surface area (TPSA) is 103 Å². The summed E-state index contributed by atoms with van der Waals surface area (Å²) in [6.45, 7) is 8.46. The lowest BCUT2D eigenvalue weighted by atomic mass is 9.94. The Morgan fingerprint density at radius 3 is 2.67 bits per heavy atom. The van der Waals surface area contributed by atoms with Crippen LogP contribution in [0.25, 0.3) is 0 Å². The molecule has 0 spiro atoms. The van der Waals surface area contributed by atoms with Crippen molar-refractivity contribution in [2.24, 2.45) is 0 Å². The highest BCUT2D eigenvalue weighted by Crippen LogP contribution is 2.39. The lowest BCUT2D eigenvalue weighted by Gasteiger charge is -2.28. The van der Waals surface area contributed by atoms with E-state index in [1.54, 1.807) is 4.68 Å². The summed E-state index contributed by atoms with van der Waals surface area (Å²) in [5.74, 6) is 1.30. The van der Waals surface area contributed by atoms with Crippen molar-refractivity contribution in [3.05, 3.63) is 99.2 Å². The average molecular weight is 545 g/mol. The van der Waals surface area contributed by atoms with Crippen molar-refractivity contribution in [2.45, 2.75) is 40.3 Å². The number of allylic oxidation sites excluding steroid dienone is 1. The van der Waals surface area contributed by atoms with E-state index in [4.69, 9.17) is 21.1 Å². The Balaban J connectivity index is 1.51. The van der Waals surface area contributed by atoms with E-state index in [9.17, 15) is 4.79 Å². The second-order valence-electron chi connectivity index (χ2n) is 9.23. The highest BCUT2D eigenvalue weighted by Gasteiger charge is 2.34. The third-order valence-corrected chi connectivity index (χ3v) is 7.10. The molecule has 0 aliphatic carbocycles. The first kappa shape index (κ1) is 26.2. The maximum absolute atomic E-state index is 13.8. The zero-order valence-corrected chi connectivity index (χ0v) is 22.9. The molecular formula is C29H29ClN6O3. The number of aryl methyl sites for hydroxylation is 1. The molecule has 1 unspecified atom stereocenters. The van der Waals surface area contributed by atoms with E-state index in [2.05, 4.69) is 26.2 Å². The molecule has 0 radical (unpaired) electrons. The quantitative estimate of drug-likeness (QED) is 0.287. The third kappa shape index (κ3) is 5.31. The number of hydrogen-bond donors (Lipinski definition) is 2. The van der Waals surface area contributed by atoms with Crippen molar-refractivity contribution in [3.8, 4) is 11.5 Å². The number of rotatable bonds is 8. The molecule has 1 atom stereocenters. The third-order valence-electron chi connectivity index (χ3n) is 6.74. The summed E-state index contributed by atoms with van der Waals surface area (Å²) in [4.78, 5) is 13.8. The van der Waals surface area contributed by atoms with Crippen LogP contribution >= 0.6 is 11.6 Å². The van der Waals surface area contributed by atoms with Crippen LogP contribution in [-0.4, -0.2) is 32.7 Å². The number of ether oxygens (including phenoxy) is 2. The number of tetrazole rings is 1. The van der Waals surface area contributed by atoms with Gasteiger partial charge in [-0.15, -0.1) is 0 Å². The SMILES string of the molecule is CCOc1cc(C2C(C(=O)Nc3cccc(C)c3C)=C(C)Nc3nnnn32)ccc1OCc1ccccc1Cl. The molecule has 0 bridgehead atoms. The molecule has 0 fully saturated rings. The van der Waals surface area contributed by atoms with Crippen molar-refractivity contribution in [1.82, 2.24) is 20.2 Å². The second kappa shape index (κ2) is 11.2. The van der Waals surface area contributed by atoms with Crippen molar-refractivity contribution >= 4 is 29.1 Å². The summed E-state index contributed by atoms with van der Waals surface area (Å²) in [6.07, 6.45) is 0. The number of amides is 1. The number of hydrogen-bond acceptors (Lipinski definition) is 7. The molecule has 1 aromatic heterocycles. The van der Waals surface area contributed by atoms with Gasteiger partial charge in [-0.1, -0.05) is 53.1 Å². The fourth-order valence-corrected chi connectivity index (χ4v) is 4.73. The summed E-state index contributed by atoms with van der Waals surface area (Å²) < 4.78 is 13.6. The predicted octanol–water partition coefficient (Wildman–Crippen LogP) is 5.85. The van der Waals surface area contributed by atoms with E-state index in [-0.39, 0.29) is 12.5 Å². The van der Waals surface area contributed by atoms with E-state index in [0.717, 1.165) is 27.9 Å². The molecule has 1 aliphatic heterocycles. The van der Waals surface area contributed by atoms with Gasteiger partial charge in [-0.2, -0.15) is 4.68 Å². The van der Waals surface area contributed by atoms with Crippen LogP contribution in [0.3, 0.4) is 0 Å². The van der Waals surface area contributed by atoms with E-state index < -0.39 is 6.04 Å². The fraction of sp³-hybridized carbons (Fsp3) is 0.241. The van der Waals surface area contributed by atoms with Gasteiger partial charge in [0.1, 0.15) is 12.6 Å². The van der Waals surface area contributed by atoms with Gasteiger partial charge in [0, 0.05) is 22.0 Å². The van der Waals surface area contributed by atoms with E-state index in [1.807, 2.05) is 88.4 Å². The van der Waals surface area contributed by atoms with Crippen LogP contribution in [0.15, 0.2) is 71.9 Å². The van der Waals surface area contributed by atoms with Crippen LogP contribution < -0.4 is 20.1 Å². The monoisotopic (exact) mass is 544 g/mol. The number of benzene rings is 3. The lowest BCUT2D eigenvalue weighted by Crippen LogP contribution is -2.31. The Labute approximate surface area is 231 Å². The van der Waals surface area contributed by atoms with Gasteiger partial charge < -0.3 is 20.1 Å². The summed E-state index contributed by atoms with van der Waals surface area (Å²) >= 11 is 6.31. The molecule has 0 saturated heterocycles. The highest BCUT2D eigenvalue weighted by atomic mass is 35.5. The molecule has 39 heavy (non-hydrogen) atoms. The smallest absolute Gasteiger partial charge is 0.255 e. The molecule has 0 saturated carbocycles. The average Bonchev–Trinajstić information content (AvgIpc) is 3.38. The Hall–Kier alpha value is -4.37. The maximum atomic E-state index is 13.8. The molecule has 4 aromatic rings. The van der Waals surface area contributed by atoms with Crippen LogP contribution in [0, 0.1) is 13.8 Å². The number of anilines is 2. The number of carbonyl (C=O) groups excluding carboxylic acids is 1. The molecule has 2 N–H and O–H groups in total. The summed E-state index contributed by atoms with van der Waals surface area (Å²) in [5.41, 5.74) is 5.62. The first-order valence-electron chi connectivity index (χ1n) is 12.6. The largest absolute Gasteiger partial charge is 0.490 e. The zero-order chi connectivity index (χ0) is 27.5. The van der Waals surface area contributed by atoms with Crippen LogP contribution in [0.2, 0.25) is 5.02 Å². The number of nitrogens with one attached hydrogen (secondary N) is 2. The van der Waals surface area contributed by atoms with Gasteiger partial charge in [-0.25, -0.2) is 0 Å². The van der Waals surface area contributed by atoms with Crippen LogP contribution in [0.1, 0.15) is 42.1 Å². The maximum Gasteiger partial charge on any atom is 0.255 e. The Bertz CT molecular complexity index is 1560. The molecule has 9 nitrogen and oxygen atoms in total. The van der Waals surface area contributed by atoms with Crippen molar-refractivity contribution in [1.29, 1.82) is 0 Å². The predicted molar refractivity (Wildman–Crippen MR) is 150 cm³/mol.